The normalized spacial score (nSPS) is 12.3. The first-order valence-corrected chi connectivity index (χ1v) is 5.47. The number of hydrogen-bond donors (Lipinski definition) is 1. The first-order valence-electron chi connectivity index (χ1n) is 4.95. The van der Waals surface area contributed by atoms with Gasteiger partial charge in [-0.05, 0) is 44.0 Å². The van der Waals surface area contributed by atoms with Crippen LogP contribution in [0.3, 0.4) is 0 Å². The molecule has 3 heteroatoms. The third kappa shape index (κ3) is 2.99. The van der Waals surface area contributed by atoms with Crippen molar-refractivity contribution in [2.24, 2.45) is 0 Å². The van der Waals surface area contributed by atoms with Crippen LogP contribution in [0.1, 0.15) is 18.1 Å². The van der Waals surface area contributed by atoms with Gasteiger partial charge in [0, 0.05) is 12.7 Å². The third-order valence-electron chi connectivity index (χ3n) is 2.28. The van der Waals surface area contributed by atoms with Crippen molar-refractivity contribution in [2.45, 2.75) is 26.0 Å². The van der Waals surface area contributed by atoms with Crippen LogP contribution in [0.25, 0.3) is 0 Å². The van der Waals surface area contributed by atoms with Gasteiger partial charge in [0.15, 0.2) is 0 Å². The average molecular weight is 223 g/mol. The van der Waals surface area contributed by atoms with Gasteiger partial charge in [-0.1, -0.05) is 6.07 Å². The highest BCUT2D eigenvalue weighted by Crippen LogP contribution is 2.18. The molecule has 0 heterocycles. The van der Waals surface area contributed by atoms with E-state index in [1.165, 1.54) is 0 Å². The van der Waals surface area contributed by atoms with Crippen LogP contribution < -0.4 is 4.90 Å². The highest BCUT2D eigenvalue weighted by atomic mass is 32.1. The van der Waals surface area contributed by atoms with Crippen molar-refractivity contribution in [3.63, 3.8) is 0 Å². The van der Waals surface area contributed by atoms with Gasteiger partial charge in [-0.15, -0.1) is 0 Å². The Morgan fingerprint density at radius 3 is 2.13 bits per heavy atom. The van der Waals surface area contributed by atoms with E-state index in [9.17, 15) is 4.79 Å². The topological polar surface area (TPSA) is 20.3 Å². The van der Waals surface area contributed by atoms with Crippen LogP contribution in [0, 0.1) is 13.8 Å². The second kappa shape index (κ2) is 4.71. The molecule has 0 aliphatic heterocycles. The lowest BCUT2D eigenvalue weighted by Gasteiger charge is -2.20. The summed E-state index contributed by atoms with van der Waals surface area (Å²) in [6.45, 7) is 5.84. The van der Waals surface area contributed by atoms with Crippen LogP contribution >= 0.6 is 12.6 Å². The minimum Gasteiger partial charge on any atom is -0.315 e. The van der Waals surface area contributed by atoms with Gasteiger partial charge in [0.1, 0.15) is 0 Å². The van der Waals surface area contributed by atoms with E-state index in [2.05, 4.69) is 18.7 Å². The Bertz CT molecular complexity index is 354. The largest absolute Gasteiger partial charge is 0.315 e. The Morgan fingerprint density at radius 1 is 1.27 bits per heavy atom. The number of anilines is 1. The van der Waals surface area contributed by atoms with Crippen molar-refractivity contribution in [2.75, 3.05) is 11.9 Å². The standard InChI is InChI=1S/C12H17NOS/c1-8-5-9(2)7-11(6-8)13(4)12(14)10(3)15/h5-7,10,15H,1-4H3. The van der Waals surface area contributed by atoms with Crippen LogP contribution in [0.15, 0.2) is 18.2 Å². The van der Waals surface area contributed by atoms with Crippen LogP contribution in [0.4, 0.5) is 5.69 Å². The molecule has 0 aromatic heterocycles. The molecule has 0 radical (unpaired) electrons. The maximum Gasteiger partial charge on any atom is 0.239 e. The number of thiol groups is 1. The molecule has 0 aliphatic rings. The minimum atomic E-state index is -0.268. The van der Waals surface area contributed by atoms with E-state index in [1.54, 1.807) is 18.9 Å². The van der Waals surface area contributed by atoms with E-state index in [-0.39, 0.29) is 11.2 Å². The smallest absolute Gasteiger partial charge is 0.239 e. The molecule has 1 atom stereocenters. The van der Waals surface area contributed by atoms with Crippen molar-refractivity contribution >= 4 is 24.2 Å². The first kappa shape index (κ1) is 12.1. The van der Waals surface area contributed by atoms with E-state index in [1.807, 2.05) is 26.0 Å². The molecule has 1 rings (SSSR count). The first-order chi connectivity index (χ1) is 6.91. The van der Waals surface area contributed by atoms with E-state index < -0.39 is 0 Å². The lowest BCUT2D eigenvalue weighted by molar-refractivity contribution is -0.117. The number of rotatable bonds is 2. The predicted molar refractivity (Wildman–Crippen MR) is 67.8 cm³/mol. The minimum absolute atomic E-state index is 0.0170. The molecule has 2 nitrogen and oxygen atoms in total. The monoisotopic (exact) mass is 223 g/mol. The van der Waals surface area contributed by atoms with Crippen LogP contribution in [0.5, 0.6) is 0 Å². The van der Waals surface area contributed by atoms with E-state index in [0.717, 1.165) is 16.8 Å². The van der Waals surface area contributed by atoms with Gasteiger partial charge in [-0.2, -0.15) is 12.6 Å². The second-order valence-electron chi connectivity index (χ2n) is 3.92. The Morgan fingerprint density at radius 2 is 1.73 bits per heavy atom. The molecule has 0 bridgehead atoms. The van der Waals surface area contributed by atoms with Crippen molar-refractivity contribution in [3.8, 4) is 0 Å². The molecule has 0 fully saturated rings. The lowest BCUT2D eigenvalue weighted by Crippen LogP contribution is -2.32. The molecule has 0 spiro atoms. The molecule has 1 amide bonds. The quantitative estimate of drug-likeness (QED) is 0.764. The van der Waals surface area contributed by atoms with Gasteiger partial charge in [-0.3, -0.25) is 4.79 Å². The van der Waals surface area contributed by atoms with E-state index >= 15 is 0 Å². The summed E-state index contributed by atoms with van der Waals surface area (Å²) in [4.78, 5) is 13.4. The van der Waals surface area contributed by atoms with Gasteiger partial charge in [0.2, 0.25) is 5.91 Å². The van der Waals surface area contributed by atoms with E-state index in [4.69, 9.17) is 0 Å². The molecule has 1 aromatic rings. The zero-order valence-electron chi connectivity index (χ0n) is 9.61. The third-order valence-corrected chi connectivity index (χ3v) is 2.50. The SMILES string of the molecule is Cc1cc(C)cc(N(C)C(=O)C(C)S)c1. The van der Waals surface area contributed by atoms with E-state index in [0.29, 0.717) is 0 Å². The molecule has 1 unspecified atom stereocenters. The molecule has 0 saturated carbocycles. The Labute approximate surface area is 96.7 Å². The number of nitrogens with zero attached hydrogens (tertiary/aromatic N) is 1. The molecule has 15 heavy (non-hydrogen) atoms. The maximum absolute atomic E-state index is 11.7. The summed E-state index contributed by atoms with van der Waals surface area (Å²) in [6, 6.07) is 6.09. The molecule has 0 aliphatic carbocycles. The lowest BCUT2D eigenvalue weighted by atomic mass is 10.1. The molecule has 82 valence electrons. The van der Waals surface area contributed by atoms with Crippen molar-refractivity contribution in [1.29, 1.82) is 0 Å². The summed E-state index contributed by atoms with van der Waals surface area (Å²) in [5, 5.41) is -0.268. The van der Waals surface area contributed by atoms with Gasteiger partial charge in [0.05, 0.1) is 5.25 Å². The fraction of sp³-hybridized carbons (Fsp3) is 0.417. The van der Waals surface area contributed by atoms with Crippen molar-refractivity contribution < 1.29 is 4.79 Å². The summed E-state index contributed by atoms with van der Waals surface area (Å²) < 4.78 is 0. The van der Waals surface area contributed by atoms with Crippen LogP contribution in [-0.4, -0.2) is 18.2 Å². The Balaban J connectivity index is 3.00. The van der Waals surface area contributed by atoms with Crippen molar-refractivity contribution in [3.05, 3.63) is 29.3 Å². The zero-order chi connectivity index (χ0) is 11.6. The summed E-state index contributed by atoms with van der Waals surface area (Å²) in [6.07, 6.45) is 0. The highest BCUT2D eigenvalue weighted by molar-refractivity contribution is 7.81. The zero-order valence-corrected chi connectivity index (χ0v) is 10.5. The fourth-order valence-corrected chi connectivity index (χ4v) is 1.72. The van der Waals surface area contributed by atoms with Gasteiger partial charge in [0.25, 0.3) is 0 Å². The van der Waals surface area contributed by atoms with Crippen LogP contribution in [-0.2, 0) is 4.79 Å². The predicted octanol–water partition coefficient (Wildman–Crippen LogP) is 2.58. The van der Waals surface area contributed by atoms with Gasteiger partial charge in [-0.25, -0.2) is 0 Å². The molecule has 0 saturated heterocycles. The highest BCUT2D eigenvalue weighted by Gasteiger charge is 2.15. The molecule has 1 aromatic carbocycles. The van der Waals surface area contributed by atoms with Crippen LogP contribution in [0.2, 0.25) is 0 Å². The number of carbonyl (C=O) groups excluding carboxylic acids is 1. The summed E-state index contributed by atoms with van der Waals surface area (Å²) >= 11 is 4.14. The fourth-order valence-electron chi connectivity index (χ4n) is 1.55. The number of benzene rings is 1. The average Bonchev–Trinajstić information content (AvgIpc) is 2.13. The molecule has 0 N–H and O–H groups in total. The van der Waals surface area contributed by atoms with Crippen molar-refractivity contribution in [1.82, 2.24) is 0 Å². The van der Waals surface area contributed by atoms with Gasteiger partial charge >= 0.3 is 0 Å². The summed E-state index contributed by atoms with van der Waals surface area (Å²) in [7, 11) is 1.78. The number of aryl methyl sites for hydroxylation is 2. The van der Waals surface area contributed by atoms with Gasteiger partial charge < -0.3 is 4.90 Å². The molecular weight excluding hydrogens is 206 g/mol. The Kier molecular flexibility index (Phi) is 3.80. The second-order valence-corrected chi connectivity index (χ2v) is 4.69. The summed E-state index contributed by atoms with van der Waals surface area (Å²) in [5.41, 5.74) is 3.26. The Hall–Kier alpha value is -0.960. The maximum atomic E-state index is 11.7. The summed E-state index contributed by atoms with van der Waals surface area (Å²) in [5.74, 6) is 0.0170. The molecular formula is C12H17NOS. The number of amides is 1. The number of hydrogen-bond acceptors (Lipinski definition) is 2. The number of carbonyl (C=O) groups is 1.